The minimum absolute atomic E-state index is 0.0936. The Labute approximate surface area is 179 Å². The van der Waals surface area contributed by atoms with E-state index in [0.717, 1.165) is 12.8 Å². The van der Waals surface area contributed by atoms with Crippen molar-refractivity contribution in [2.24, 2.45) is 23.5 Å². The smallest absolute Gasteiger partial charge is 0.163 e. The lowest BCUT2D eigenvalue weighted by atomic mass is 9.74. The van der Waals surface area contributed by atoms with Crippen LogP contribution in [0.3, 0.4) is 0 Å². The summed E-state index contributed by atoms with van der Waals surface area (Å²) in [6, 6.07) is 0. The lowest BCUT2D eigenvalue weighted by Gasteiger charge is -2.37. The van der Waals surface area contributed by atoms with Crippen molar-refractivity contribution in [3.05, 3.63) is 24.3 Å². The number of rotatable bonds is 10. The number of hydrogen-bond donors (Lipinski definition) is 3. The summed E-state index contributed by atoms with van der Waals surface area (Å²) in [5.74, 6) is 0.00864. The average molecular weight is 424 g/mol. The van der Waals surface area contributed by atoms with E-state index in [4.69, 9.17) is 15.2 Å². The molecule has 0 aromatic rings. The third-order valence-corrected chi connectivity index (χ3v) is 6.46. The zero-order valence-electron chi connectivity index (χ0n) is 18.1. The number of allylic oxidation sites excluding steroid dienone is 4. The molecule has 7 unspecified atom stereocenters. The fraction of sp³-hybridized carbons (Fsp3) is 0.739. The van der Waals surface area contributed by atoms with E-state index < -0.39 is 12.2 Å². The van der Waals surface area contributed by atoms with Gasteiger partial charge in [-0.15, -0.1) is 0 Å². The summed E-state index contributed by atoms with van der Waals surface area (Å²) in [6.45, 7) is 0.527. The highest BCUT2D eigenvalue weighted by Crippen LogP contribution is 2.34. The van der Waals surface area contributed by atoms with Gasteiger partial charge in [-0.25, -0.2) is 0 Å². The molecule has 0 aliphatic heterocycles. The number of nitrogens with two attached hydrogens (primary N) is 1. The molecule has 0 spiro atoms. The van der Waals surface area contributed by atoms with E-state index in [2.05, 4.69) is 0 Å². The van der Waals surface area contributed by atoms with Crippen molar-refractivity contribution in [3.63, 3.8) is 0 Å². The standard InChI is InChI=1S/C23H37NO6/c1-29-22-11-15(4-8-20(22)27)3-6-18(25)14-19(26)7-5-16-13-23(30-2)21(28)12-17(16)9-10-24/h3,5-7,15-17,20-23,27-28H,4,8-14,24H2,1-2H3/b6-3+,7-5+. The Balaban J connectivity index is 1.85. The zero-order valence-corrected chi connectivity index (χ0v) is 18.1. The Morgan fingerprint density at radius 1 is 0.933 bits per heavy atom. The van der Waals surface area contributed by atoms with Crippen LogP contribution in [0.15, 0.2) is 24.3 Å². The highest BCUT2D eigenvalue weighted by molar-refractivity contribution is 6.08. The molecular formula is C23H37NO6. The van der Waals surface area contributed by atoms with E-state index in [1.807, 2.05) is 12.2 Å². The molecule has 0 radical (unpaired) electrons. The molecule has 2 rings (SSSR count). The van der Waals surface area contributed by atoms with Crippen LogP contribution in [0, 0.1) is 17.8 Å². The predicted molar refractivity (Wildman–Crippen MR) is 114 cm³/mol. The van der Waals surface area contributed by atoms with Crippen molar-refractivity contribution in [3.8, 4) is 0 Å². The van der Waals surface area contributed by atoms with Crippen LogP contribution in [0.1, 0.15) is 44.9 Å². The maximum atomic E-state index is 12.3. The van der Waals surface area contributed by atoms with Gasteiger partial charge in [0.2, 0.25) is 0 Å². The van der Waals surface area contributed by atoms with Crippen molar-refractivity contribution in [1.29, 1.82) is 0 Å². The van der Waals surface area contributed by atoms with Crippen molar-refractivity contribution >= 4 is 11.6 Å². The molecular weight excluding hydrogens is 386 g/mol. The molecule has 2 aliphatic rings. The Hall–Kier alpha value is -1.38. The summed E-state index contributed by atoms with van der Waals surface area (Å²) in [5.41, 5.74) is 5.70. The largest absolute Gasteiger partial charge is 0.390 e. The van der Waals surface area contributed by atoms with Gasteiger partial charge in [0.15, 0.2) is 11.6 Å². The lowest BCUT2D eigenvalue weighted by Crippen LogP contribution is -2.40. The van der Waals surface area contributed by atoms with E-state index in [1.165, 1.54) is 12.2 Å². The normalized spacial score (nSPS) is 35.2. The summed E-state index contributed by atoms with van der Waals surface area (Å²) in [6.07, 6.45) is 9.18. The van der Waals surface area contributed by atoms with Crippen LogP contribution in [0.25, 0.3) is 0 Å². The first kappa shape index (κ1) is 24.9. The van der Waals surface area contributed by atoms with Gasteiger partial charge in [-0.05, 0) is 75.0 Å². The Bertz CT molecular complexity index is 619. The molecule has 7 atom stereocenters. The fourth-order valence-corrected chi connectivity index (χ4v) is 4.63. The molecule has 0 saturated heterocycles. The second-order valence-corrected chi connectivity index (χ2v) is 8.56. The second-order valence-electron chi connectivity index (χ2n) is 8.56. The van der Waals surface area contributed by atoms with Gasteiger partial charge in [-0.3, -0.25) is 9.59 Å². The van der Waals surface area contributed by atoms with Gasteiger partial charge < -0.3 is 25.4 Å². The Morgan fingerprint density at radius 3 is 2.20 bits per heavy atom. The van der Waals surface area contributed by atoms with Gasteiger partial charge in [0.25, 0.3) is 0 Å². The maximum Gasteiger partial charge on any atom is 0.163 e. The molecule has 0 aromatic carbocycles. The zero-order chi connectivity index (χ0) is 22.1. The summed E-state index contributed by atoms with van der Waals surface area (Å²) in [4.78, 5) is 24.4. The van der Waals surface area contributed by atoms with E-state index >= 15 is 0 Å². The van der Waals surface area contributed by atoms with Crippen LogP contribution in [-0.2, 0) is 19.1 Å². The van der Waals surface area contributed by atoms with Gasteiger partial charge in [-0.1, -0.05) is 12.2 Å². The lowest BCUT2D eigenvalue weighted by molar-refractivity contribution is -0.122. The third-order valence-electron chi connectivity index (χ3n) is 6.46. The number of aliphatic hydroxyl groups excluding tert-OH is 2. The quantitative estimate of drug-likeness (QED) is 0.360. The van der Waals surface area contributed by atoms with Gasteiger partial charge in [0.1, 0.15) is 0 Å². The topological polar surface area (TPSA) is 119 Å². The molecule has 30 heavy (non-hydrogen) atoms. The number of carbonyl (C=O) groups excluding carboxylic acids is 2. The summed E-state index contributed by atoms with van der Waals surface area (Å²) >= 11 is 0. The first-order valence-electron chi connectivity index (χ1n) is 10.9. The molecule has 0 aromatic heterocycles. The molecule has 0 bridgehead atoms. The highest BCUT2D eigenvalue weighted by atomic mass is 16.5. The highest BCUT2D eigenvalue weighted by Gasteiger charge is 2.34. The number of hydrogen-bond acceptors (Lipinski definition) is 7. The van der Waals surface area contributed by atoms with Crippen LogP contribution < -0.4 is 5.73 Å². The Morgan fingerprint density at radius 2 is 1.57 bits per heavy atom. The van der Waals surface area contributed by atoms with Crippen molar-refractivity contribution < 1.29 is 29.3 Å². The molecule has 7 nitrogen and oxygen atoms in total. The summed E-state index contributed by atoms with van der Waals surface area (Å²) in [5, 5.41) is 20.0. The van der Waals surface area contributed by atoms with Crippen LogP contribution in [-0.4, -0.2) is 67.0 Å². The van der Waals surface area contributed by atoms with Gasteiger partial charge in [0.05, 0.1) is 30.8 Å². The van der Waals surface area contributed by atoms with Gasteiger partial charge in [0, 0.05) is 14.2 Å². The van der Waals surface area contributed by atoms with E-state index in [-0.39, 0.29) is 47.9 Å². The maximum absolute atomic E-state index is 12.3. The van der Waals surface area contributed by atoms with Gasteiger partial charge >= 0.3 is 0 Å². The molecule has 7 heteroatoms. The first-order valence-corrected chi connectivity index (χ1v) is 10.9. The fourth-order valence-electron chi connectivity index (χ4n) is 4.63. The summed E-state index contributed by atoms with van der Waals surface area (Å²) < 4.78 is 10.6. The minimum Gasteiger partial charge on any atom is -0.390 e. The van der Waals surface area contributed by atoms with Crippen molar-refractivity contribution in [2.45, 2.75) is 69.4 Å². The molecule has 2 aliphatic carbocycles. The van der Waals surface area contributed by atoms with E-state index in [1.54, 1.807) is 14.2 Å². The number of methoxy groups -OCH3 is 2. The van der Waals surface area contributed by atoms with Crippen LogP contribution in [0.2, 0.25) is 0 Å². The number of ketones is 2. The van der Waals surface area contributed by atoms with E-state index in [9.17, 15) is 19.8 Å². The second kappa shape index (κ2) is 12.5. The first-order chi connectivity index (χ1) is 14.4. The number of carbonyl (C=O) groups is 2. The molecule has 4 N–H and O–H groups in total. The number of aliphatic hydroxyl groups is 2. The molecule has 0 heterocycles. The van der Waals surface area contributed by atoms with Crippen LogP contribution in [0.4, 0.5) is 0 Å². The predicted octanol–water partition coefficient (Wildman–Crippen LogP) is 1.55. The third kappa shape index (κ3) is 7.39. The summed E-state index contributed by atoms with van der Waals surface area (Å²) in [7, 11) is 3.16. The molecule has 2 fully saturated rings. The molecule has 2 saturated carbocycles. The minimum atomic E-state index is -0.516. The molecule has 0 amide bonds. The van der Waals surface area contributed by atoms with Crippen LogP contribution in [0.5, 0.6) is 0 Å². The van der Waals surface area contributed by atoms with Gasteiger partial charge in [-0.2, -0.15) is 0 Å². The van der Waals surface area contributed by atoms with Crippen LogP contribution >= 0.6 is 0 Å². The molecule has 170 valence electrons. The monoisotopic (exact) mass is 423 g/mol. The van der Waals surface area contributed by atoms with Crippen molar-refractivity contribution in [2.75, 3.05) is 20.8 Å². The average Bonchev–Trinajstić information content (AvgIpc) is 2.72. The SMILES string of the molecule is COC1CC(/C=C/C(=O)CC(=O)/C=C/C2CC(OC)C(O)CC2CCN)CCC1O. The van der Waals surface area contributed by atoms with E-state index in [0.29, 0.717) is 32.2 Å². The van der Waals surface area contributed by atoms with Crippen molar-refractivity contribution in [1.82, 2.24) is 0 Å². The number of ether oxygens (including phenoxy) is 2. The Kier molecular flexibility index (Phi) is 10.3.